The highest BCUT2D eigenvalue weighted by molar-refractivity contribution is 6.33. The molecular formula is C17H14ClFN6. The lowest BCUT2D eigenvalue weighted by atomic mass is 10.3. The zero-order chi connectivity index (χ0) is 17.8. The topological polar surface area (TPSA) is 67.5 Å². The van der Waals surface area contributed by atoms with E-state index in [4.69, 9.17) is 11.6 Å². The minimum atomic E-state index is -0.356. The average molecular weight is 357 g/mol. The van der Waals surface area contributed by atoms with Gasteiger partial charge in [-0.05, 0) is 44.0 Å². The fourth-order valence-corrected chi connectivity index (χ4v) is 2.30. The van der Waals surface area contributed by atoms with Gasteiger partial charge in [0, 0.05) is 18.6 Å². The average Bonchev–Trinajstić information content (AvgIpc) is 3.06. The number of anilines is 2. The quantitative estimate of drug-likeness (QED) is 0.542. The third-order valence-corrected chi connectivity index (χ3v) is 3.59. The predicted octanol–water partition coefficient (Wildman–Crippen LogP) is 4.44. The van der Waals surface area contributed by atoms with Gasteiger partial charge in [-0.1, -0.05) is 11.6 Å². The molecule has 0 radical (unpaired) electrons. The van der Waals surface area contributed by atoms with Crippen molar-refractivity contribution in [3.8, 4) is 0 Å². The van der Waals surface area contributed by atoms with E-state index in [1.54, 1.807) is 23.0 Å². The normalized spacial score (nSPS) is 12.4. The Labute approximate surface area is 148 Å². The number of hydrogen-bond acceptors (Lipinski definition) is 5. The van der Waals surface area contributed by atoms with Crippen LogP contribution in [-0.2, 0) is 0 Å². The molecule has 3 aromatic heterocycles. The van der Waals surface area contributed by atoms with E-state index in [1.165, 1.54) is 25.3 Å². The first-order chi connectivity index (χ1) is 12.1. The SMILES string of the molecule is C=N/C(=C\C=C(/C)F)c1nc(Nc2ccncc2Cl)c2cccn2n1. The Hall–Kier alpha value is -3.06. The molecule has 0 amide bonds. The maximum absolute atomic E-state index is 13.0. The van der Waals surface area contributed by atoms with Crippen LogP contribution >= 0.6 is 11.6 Å². The summed E-state index contributed by atoms with van der Waals surface area (Å²) in [4.78, 5) is 12.3. The highest BCUT2D eigenvalue weighted by atomic mass is 35.5. The zero-order valence-electron chi connectivity index (χ0n) is 13.3. The molecular weight excluding hydrogens is 343 g/mol. The maximum atomic E-state index is 13.0. The summed E-state index contributed by atoms with van der Waals surface area (Å²) in [6, 6.07) is 5.43. The van der Waals surface area contributed by atoms with Crippen molar-refractivity contribution in [3.05, 3.63) is 65.6 Å². The van der Waals surface area contributed by atoms with Gasteiger partial charge in [-0.3, -0.25) is 9.98 Å². The Balaban J connectivity index is 2.11. The van der Waals surface area contributed by atoms with Gasteiger partial charge < -0.3 is 5.32 Å². The first-order valence-corrected chi connectivity index (χ1v) is 7.69. The van der Waals surface area contributed by atoms with Crippen LogP contribution < -0.4 is 5.32 Å². The Morgan fingerprint density at radius 2 is 2.24 bits per heavy atom. The monoisotopic (exact) mass is 356 g/mol. The second-order valence-electron chi connectivity index (χ2n) is 5.07. The van der Waals surface area contributed by atoms with Crippen LogP contribution in [0.1, 0.15) is 12.7 Å². The maximum Gasteiger partial charge on any atom is 0.200 e. The number of nitrogens with zero attached hydrogens (tertiary/aromatic N) is 5. The first-order valence-electron chi connectivity index (χ1n) is 7.31. The summed E-state index contributed by atoms with van der Waals surface area (Å²) in [5.41, 5.74) is 1.75. The molecule has 3 aromatic rings. The standard InChI is InChI=1S/C17H14ClFN6/c1-11(19)5-6-14(20-2)16-23-17(15-4-3-9-25(15)24-16)22-13-7-8-21-10-12(13)18/h3-10H,2H2,1H3,(H,21,22,23,24)/b11-5+,14-6-. The van der Waals surface area contributed by atoms with Crippen LogP contribution in [0.3, 0.4) is 0 Å². The number of fused-ring (bicyclic) bond motifs is 1. The Morgan fingerprint density at radius 1 is 1.40 bits per heavy atom. The fourth-order valence-electron chi connectivity index (χ4n) is 2.13. The number of allylic oxidation sites excluding steroid dienone is 3. The van der Waals surface area contributed by atoms with Gasteiger partial charge in [-0.25, -0.2) is 13.9 Å². The highest BCUT2D eigenvalue weighted by Crippen LogP contribution is 2.26. The number of aromatic nitrogens is 4. The van der Waals surface area contributed by atoms with E-state index < -0.39 is 0 Å². The van der Waals surface area contributed by atoms with Crippen molar-refractivity contribution in [2.45, 2.75) is 6.92 Å². The molecule has 0 aliphatic heterocycles. The molecule has 8 heteroatoms. The van der Waals surface area contributed by atoms with Gasteiger partial charge in [-0.2, -0.15) is 0 Å². The molecule has 0 aliphatic rings. The lowest BCUT2D eigenvalue weighted by Crippen LogP contribution is -2.05. The summed E-state index contributed by atoms with van der Waals surface area (Å²) in [6.45, 7) is 4.84. The number of nitrogens with one attached hydrogen (secondary N) is 1. The van der Waals surface area contributed by atoms with Crippen molar-refractivity contribution in [3.63, 3.8) is 0 Å². The highest BCUT2D eigenvalue weighted by Gasteiger charge is 2.12. The Morgan fingerprint density at radius 3 is 2.96 bits per heavy atom. The third kappa shape index (κ3) is 3.72. The van der Waals surface area contributed by atoms with Crippen molar-refractivity contribution < 1.29 is 4.39 Å². The smallest absolute Gasteiger partial charge is 0.200 e. The molecule has 0 unspecified atom stereocenters. The largest absolute Gasteiger partial charge is 0.337 e. The van der Waals surface area contributed by atoms with E-state index in [-0.39, 0.29) is 5.83 Å². The van der Waals surface area contributed by atoms with Gasteiger partial charge in [-0.15, -0.1) is 5.10 Å². The minimum Gasteiger partial charge on any atom is -0.337 e. The number of aliphatic imine (C=N–C) groups is 1. The summed E-state index contributed by atoms with van der Waals surface area (Å²) < 4.78 is 14.6. The number of pyridine rings is 1. The van der Waals surface area contributed by atoms with Gasteiger partial charge >= 0.3 is 0 Å². The molecule has 3 heterocycles. The van der Waals surface area contributed by atoms with Crippen LogP contribution in [0.15, 0.2) is 59.8 Å². The van der Waals surface area contributed by atoms with Crippen molar-refractivity contribution >= 4 is 41.0 Å². The molecule has 0 bridgehead atoms. The third-order valence-electron chi connectivity index (χ3n) is 3.29. The van der Waals surface area contributed by atoms with Gasteiger partial charge in [0.25, 0.3) is 0 Å². The van der Waals surface area contributed by atoms with E-state index in [2.05, 4.69) is 32.1 Å². The van der Waals surface area contributed by atoms with E-state index in [0.29, 0.717) is 28.0 Å². The molecule has 1 N–H and O–H groups in total. The molecule has 0 aliphatic carbocycles. The molecule has 0 aromatic carbocycles. The van der Waals surface area contributed by atoms with E-state index in [0.717, 1.165) is 5.52 Å². The summed E-state index contributed by atoms with van der Waals surface area (Å²) in [5, 5.41) is 8.00. The van der Waals surface area contributed by atoms with Crippen LogP contribution in [0.5, 0.6) is 0 Å². The van der Waals surface area contributed by atoms with Gasteiger partial charge in [0.1, 0.15) is 11.2 Å². The fraction of sp³-hybridized carbons (Fsp3) is 0.0588. The molecule has 6 nitrogen and oxygen atoms in total. The van der Waals surface area contributed by atoms with E-state index in [1.807, 2.05) is 12.1 Å². The second kappa shape index (κ2) is 7.23. The summed E-state index contributed by atoms with van der Waals surface area (Å²) in [5.74, 6) is 0.465. The Bertz CT molecular complexity index is 988. The van der Waals surface area contributed by atoms with Crippen LogP contribution in [0.2, 0.25) is 5.02 Å². The lowest BCUT2D eigenvalue weighted by molar-refractivity contribution is 0.640. The van der Waals surface area contributed by atoms with Gasteiger partial charge in [0.2, 0.25) is 5.82 Å². The molecule has 0 spiro atoms. The van der Waals surface area contributed by atoms with Gasteiger partial charge in [0.15, 0.2) is 5.82 Å². The number of rotatable bonds is 5. The molecule has 25 heavy (non-hydrogen) atoms. The number of halogens is 2. The molecule has 126 valence electrons. The van der Waals surface area contributed by atoms with Crippen molar-refractivity contribution in [1.29, 1.82) is 0 Å². The molecule has 0 atom stereocenters. The predicted molar refractivity (Wildman–Crippen MR) is 97.9 cm³/mol. The van der Waals surface area contributed by atoms with Crippen LogP contribution in [0.4, 0.5) is 15.9 Å². The molecule has 0 saturated carbocycles. The lowest BCUT2D eigenvalue weighted by Gasteiger charge is -2.10. The minimum absolute atomic E-state index is 0.295. The molecule has 0 fully saturated rings. The van der Waals surface area contributed by atoms with Crippen LogP contribution in [-0.4, -0.2) is 26.3 Å². The van der Waals surface area contributed by atoms with Crippen molar-refractivity contribution in [2.75, 3.05) is 5.32 Å². The van der Waals surface area contributed by atoms with Crippen molar-refractivity contribution in [2.24, 2.45) is 4.99 Å². The molecule has 3 rings (SSSR count). The van der Waals surface area contributed by atoms with Crippen LogP contribution in [0, 0.1) is 0 Å². The van der Waals surface area contributed by atoms with E-state index in [9.17, 15) is 4.39 Å². The van der Waals surface area contributed by atoms with Crippen LogP contribution in [0.25, 0.3) is 11.2 Å². The number of hydrogen-bond donors (Lipinski definition) is 1. The molecule has 0 saturated heterocycles. The van der Waals surface area contributed by atoms with Gasteiger partial charge in [0.05, 0.1) is 16.5 Å². The summed E-state index contributed by atoms with van der Waals surface area (Å²) in [6.07, 6.45) is 7.68. The van der Waals surface area contributed by atoms with Crippen molar-refractivity contribution in [1.82, 2.24) is 19.6 Å². The summed E-state index contributed by atoms with van der Waals surface area (Å²) in [7, 11) is 0. The second-order valence-corrected chi connectivity index (χ2v) is 5.47. The zero-order valence-corrected chi connectivity index (χ0v) is 14.1. The van der Waals surface area contributed by atoms with E-state index >= 15 is 0 Å². The Kier molecular flexibility index (Phi) is 4.85. The first kappa shape index (κ1) is 16.8. The summed E-state index contributed by atoms with van der Waals surface area (Å²) >= 11 is 6.15.